The Hall–Kier alpha value is -2.12. The first-order valence-electron chi connectivity index (χ1n) is 5.89. The third kappa shape index (κ3) is 8.58. The molecule has 0 saturated heterocycles. The van der Waals surface area contributed by atoms with Gasteiger partial charge in [0.05, 0.1) is 13.1 Å². The third-order valence-corrected chi connectivity index (χ3v) is 2.18. The second-order valence-electron chi connectivity index (χ2n) is 4.43. The van der Waals surface area contributed by atoms with Crippen molar-refractivity contribution >= 4 is 24.1 Å². The molecular formula is C11H20N4O4. The predicted molar refractivity (Wildman–Crippen MR) is 67.7 cm³/mol. The minimum atomic E-state index is -0.752. The summed E-state index contributed by atoms with van der Waals surface area (Å²) in [5.74, 6) is -1.43. The summed E-state index contributed by atoms with van der Waals surface area (Å²) in [6.45, 7) is 3.31. The van der Waals surface area contributed by atoms with Gasteiger partial charge in [-0.3, -0.25) is 19.2 Å². The van der Waals surface area contributed by atoms with E-state index in [1.54, 1.807) is 0 Å². The summed E-state index contributed by atoms with van der Waals surface area (Å²) in [6, 6.07) is -0.752. The molecule has 0 radical (unpaired) electrons. The number of amides is 4. The fourth-order valence-corrected chi connectivity index (χ4v) is 1.34. The molecule has 0 saturated carbocycles. The maximum Gasteiger partial charge on any atom is 0.240 e. The van der Waals surface area contributed by atoms with Crippen LogP contribution in [-0.2, 0) is 19.2 Å². The van der Waals surface area contributed by atoms with E-state index in [4.69, 9.17) is 5.73 Å². The Balaban J connectivity index is 4.09. The van der Waals surface area contributed by atoms with E-state index in [0.717, 1.165) is 0 Å². The molecule has 0 bridgehead atoms. The summed E-state index contributed by atoms with van der Waals surface area (Å²) in [6.07, 6.45) is 0.813. The number of nitrogens with one attached hydrogen (secondary N) is 3. The van der Waals surface area contributed by atoms with Gasteiger partial charge in [-0.25, -0.2) is 0 Å². The van der Waals surface area contributed by atoms with Gasteiger partial charge >= 0.3 is 0 Å². The number of nitrogens with two attached hydrogens (primary N) is 1. The van der Waals surface area contributed by atoms with Crippen molar-refractivity contribution < 1.29 is 19.2 Å². The Labute approximate surface area is 111 Å². The van der Waals surface area contributed by atoms with Crippen LogP contribution in [0.25, 0.3) is 0 Å². The normalized spacial score (nSPS) is 11.5. The second kappa shape index (κ2) is 8.90. The highest BCUT2D eigenvalue weighted by atomic mass is 16.2. The highest BCUT2D eigenvalue weighted by Crippen LogP contribution is 2.03. The molecule has 0 aliphatic heterocycles. The molecule has 0 heterocycles. The largest absolute Gasteiger partial charge is 0.368 e. The van der Waals surface area contributed by atoms with E-state index in [9.17, 15) is 19.2 Å². The van der Waals surface area contributed by atoms with E-state index < -0.39 is 23.8 Å². The second-order valence-corrected chi connectivity index (χ2v) is 4.43. The SMILES string of the molecule is CC(C)CC(NC(=O)CNC(=O)CNC=O)C(N)=O. The average molecular weight is 272 g/mol. The van der Waals surface area contributed by atoms with E-state index in [-0.39, 0.29) is 19.0 Å². The molecule has 8 heteroatoms. The number of primary amides is 1. The van der Waals surface area contributed by atoms with Crippen molar-refractivity contribution in [3.8, 4) is 0 Å². The minimum Gasteiger partial charge on any atom is -0.368 e. The van der Waals surface area contributed by atoms with Crippen LogP contribution in [0.3, 0.4) is 0 Å². The molecule has 0 aromatic rings. The molecule has 108 valence electrons. The summed E-state index contributed by atoms with van der Waals surface area (Å²) in [5, 5.41) is 6.89. The van der Waals surface area contributed by atoms with Gasteiger partial charge in [-0.05, 0) is 12.3 Å². The number of carbonyl (C=O) groups is 4. The lowest BCUT2D eigenvalue weighted by molar-refractivity contribution is -0.129. The van der Waals surface area contributed by atoms with Gasteiger partial charge in [0.1, 0.15) is 6.04 Å². The van der Waals surface area contributed by atoms with Crippen LogP contribution >= 0.6 is 0 Å². The highest BCUT2D eigenvalue weighted by Gasteiger charge is 2.19. The van der Waals surface area contributed by atoms with Crippen LogP contribution in [0.15, 0.2) is 0 Å². The predicted octanol–water partition coefficient (Wildman–Crippen LogP) is -2.14. The molecule has 5 N–H and O–H groups in total. The first-order valence-corrected chi connectivity index (χ1v) is 5.89. The molecule has 19 heavy (non-hydrogen) atoms. The molecule has 0 spiro atoms. The molecule has 1 unspecified atom stereocenters. The van der Waals surface area contributed by atoms with E-state index in [1.165, 1.54) is 0 Å². The van der Waals surface area contributed by atoms with Crippen LogP contribution in [-0.4, -0.2) is 43.3 Å². The van der Waals surface area contributed by atoms with Gasteiger partial charge in [0.2, 0.25) is 24.1 Å². The zero-order valence-corrected chi connectivity index (χ0v) is 11.1. The average Bonchev–Trinajstić information content (AvgIpc) is 2.32. The third-order valence-electron chi connectivity index (χ3n) is 2.18. The van der Waals surface area contributed by atoms with Gasteiger partial charge in [0.25, 0.3) is 0 Å². The lowest BCUT2D eigenvalue weighted by Gasteiger charge is -2.17. The Bertz CT molecular complexity index is 344. The maximum absolute atomic E-state index is 11.5. The Morgan fingerprint density at radius 1 is 1.16 bits per heavy atom. The fraction of sp³-hybridized carbons (Fsp3) is 0.636. The van der Waals surface area contributed by atoms with Crippen molar-refractivity contribution in [2.45, 2.75) is 26.3 Å². The molecule has 0 aromatic heterocycles. The smallest absolute Gasteiger partial charge is 0.240 e. The molecule has 0 aliphatic carbocycles. The van der Waals surface area contributed by atoms with Crippen LogP contribution in [0.2, 0.25) is 0 Å². The van der Waals surface area contributed by atoms with Gasteiger partial charge in [0, 0.05) is 0 Å². The van der Waals surface area contributed by atoms with Crippen LogP contribution < -0.4 is 21.7 Å². The summed E-state index contributed by atoms with van der Waals surface area (Å²) in [5.41, 5.74) is 5.17. The summed E-state index contributed by atoms with van der Waals surface area (Å²) in [4.78, 5) is 43.7. The van der Waals surface area contributed by atoms with Crippen LogP contribution in [0.1, 0.15) is 20.3 Å². The zero-order valence-electron chi connectivity index (χ0n) is 11.1. The van der Waals surface area contributed by atoms with Gasteiger partial charge in [-0.2, -0.15) is 0 Å². The van der Waals surface area contributed by atoms with Crippen LogP contribution in [0.5, 0.6) is 0 Å². The van der Waals surface area contributed by atoms with Crippen molar-refractivity contribution in [1.29, 1.82) is 0 Å². The molecule has 0 fully saturated rings. The summed E-state index contributed by atoms with van der Waals surface area (Å²) in [7, 11) is 0. The van der Waals surface area contributed by atoms with E-state index in [0.29, 0.717) is 12.8 Å². The lowest BCUT2D eigenvalue weighted by Crippen LogP contribution is -2.49. The van der Waals surface area contributed by atoms with Gasteiger partial charge in [-0.1, -0.05) is 13.8 Å². The monoisotopic (exact) mass is 272 g/mol. The standard InChI is InChI=1S/C11H20N4O4/c1-7(2)3-8(11(12)19)15-10(18)5-14-9(17)4-13-6-16/h6-8H,3-5H2,1-2H3,(H2,12,19)(H,13,16)(H,14,17)(H,15,18). The highest BCUT2D eigenvalue weighted by molar-refractivity contribution is 5.90. The van der Waals surface area contributed by atoms with Crippen LogP contribution in [0.4, 0.5) is 0 Å². The van der Waals surface area contributed by atoms with Gasteiger partial charge in [-0.15, -0.1) is 0 Å². The quantitative estimate of drug-likeness (QED) is 0.357. The van der Waals surface area contributed by atoms with Crippen molar-refractivity contribution in [3.63, 3.8) is 0 Å². The van der Waals surface area contributed by atoms with E-state index >= 15 is 0 Å². The molecular weight excluding hydrogens is 252 g/mol. The molecule has 0 rings (SSSR count). The Morgan fingerprint density at radius 3 is 2.26 bits per heavy atom. The fourth-order valence-electron chi connectivity index (χ4n) is 1.34. The van der Waals surface area contributed by atoms with E-state index in [2.05, 4.69) is 16.0 Å². The van der Waals surface area contributed by atoms with Crippen molar-refractivity contribution in [2.75, 3.05) is 13.1 Å². The van der Waals surface area contributed by atoms with Gasteiger partial charge < -0.3 is 21.7 Å². The Kier molecular flexibility index (Phi) is 7.90. The molecule has 1 atom stereocenters. The minimum absolute atomic E-state index is 0.198. The molecule has 8 nitrogen and oxygen atoms in total. The zero-order chi connectivity index (χ0) is 14.8. The summed E-state index contributed by atoms with van der Waals surface area (Å²) < 4.78 is 0. The molecule has 0 aromatic carbocycles. The molecule has 0 aliphatic rings. The number of hydrogen-bond acceptors (Lipinski definition) is 4. The first kappa shape index (κ1) is 16.9. The topological polar surface area (TPSA) is 130 Å². The molecule has 4 amide bonds. The first-order chi connectivity index (χ1) is 8.86. The van der Waals surface area contributed by atoms with Gasteiger partial charge in [0.15, 0.2) is 0 Å². The van der Waals surface area contributed by atoms with Crippen molar-refractivity contribution in [1.82, 2.24) is 16.0 Å². The lowest BCUT2D eigenvalue weighted by atomic mass is 10.0. The number of hydrogen-bond donors (Lipinski definition) is 4. The number of rotatable bonds is 9. The number of carbonyl (C=O) groups excluding carboxylic acids is 4. The van der Waals surface area contributed by atoms with E-state index in [1.807, 2.05) is 13.8 Å². The van der Waals surface area contributed by atoms with Crippen molar-refractivity contribution in [3.05, 3.63) is 0 Å². The van der Waals surface area contributed by atoms with Crippen molar-refractivity contribution in [2.24, 2.45) is 11.7 Å². The Morgan fingerprint density at radius 2 is 1.79 bits per heavy atom. The maximum atomic E-state index is 11.5. The summed E-state index contributed by atoms with van der Waals surface area (Å²) >= 11 is 0. The van der Waals surface area contributed by atoms with Crippen LogP contribution in [0, 0.1) is 5.92 Å².